The molecule has 1 aromatic rings. The molecule has 7 heteroatoms. The van der Waals surface area contributed by atoms with Crippen LogP contribution in [0.15, 0.2) is 5.03 Å². The molecule has 0 unspecified atom stereocenters. The van der Waals surface area contributed by atoms with Gasteiger partial charge in [-0.25, -0.2) is 8.42 Å². The fraction of sp³-hybridized carbons (Fsp3) is 0.786. The maximum Gasteiger partial charge on any atom is 0.262 e. The first kappa shape index (κ1) is 16.5. The number of sulfonamides is 1. The largest absolute Gasteiger partial charge is 0.310 e. The van der Waals surface area contributed by atoms with Gasteiger partial charge in [-0.05, 0) is 26.2 Å². The first-order valence-corrected chi connectivity index (χ1v) is 9.14. The molecule has 0 amide bonds. The molecule has 0 spiro atoms. The van der Waals surface area contributed by atoms with Gasteiger partial charge in [0.2, 0.25) is 0 Å². The Morgan fingerprint density at radius 1 is 1.38 bits per heavy atom. The van der Waals surface area contributed by atoms with Crippen LogP contribution in [0.5, 0.6) is 0 Å². The lowest BCUT2D eigenvalue weighted by atomic mass is 10.2. The van der Waals surface area contributed by atoms with Crippen molar-refractivity contribution in [2.45, 2.75) is 63.6 Å². The molecule has 1 heterocycles. The first-order chi connectivity index (χ1) is 9.96. The molecule has 0 atom stereocenters. The number of aryl methyl sites for hydroxylation is 1. The van der Waals surface area contributed by atoms with E-state index in [1.54, 1.807) is 7.05 Å². The van der Waals surface area contributed by atoms with E-state index in [1.165, 1.54) is 17.1 Å². The maximum absolute atomic E-state index is 12.6. The highest BCUT2D eigenvalue weighted by Crippen LogP contribution is 2.23. The molecule has 0 aromatic carbocycles. The number of unbranched alkanes of at least 4 members (excludes halogenated alkanes) is 2. The molecule has 0 aliphatic heterocycles. The molecule has 0 bridgehead atoms. The van der Waals surface area contributed by atoms with Crippen LogP contribution < -0.4 is 5.32 Å². The van der Waals surface area contributed by atoms with E-state index in [9.17, 15) is 8.42 Å². The number of aromatic amines is 1. The molecule has 1 aliphatic carbocycles. The molecule has 6 nitrogen and oxygen atoms in total. The summed E-state index contributed by atoms with van der Waals surface area (Å²) in [6.07, 6.45) is 5.35. The summed E-state index contributed by atoms with van der Waals surface area (Å²) in [5.41, 5.74) is 1.59. The maximum atomic E-state index is 12.6. The second-order valence-corrected chi connectivity index (χ2v) is 7.78. The monoisotopic (exact) mass is 314 g/mol. The Labute approximate surface area is 127 Å². The van der Waals surface area contributed by atoms with E-state index in [1.807, 2.05) is 6.92 Å². The number of hydrogen-bond donors (Lipinski definition) is 2. The Balaban J connectivity index is 2.10. The van der Waals surface area contributed by atoms with Gasteiger partial charge in [0, 0.05) is 37.4 Å². The van der Waals surface area contributed by atoms with Gasteiger partial charge in [0.05, 0.1) is 0 Å². The zero-order valence-electron chi connectivity index (χ0n) is 13.1. The number of nitrogens with one attached hydrogen (secondary N) is 2. The average Bonchev–Trinajstić information content (AvgIpc) is 3.19. The van der Waals surface area contributed by atoms with Crippen molar-refractivity contribution in [3.63, 3.8) is 0 Å². The van der Waals surface area contributed by atoms with Crippen molar-refractivity contribution >= 4 is 10.0 Å². The second kappa shape index (κ2) is 6.89. The molecule has 1 fully saturated rings. The van der Waals surface area contributed by atoms with Crippen LogP contribution in [0, 0.1) is 6.92 Å². The summed E-state index contributed by atoms with van der Waals surface area (Å²) in [4.78, 5) is 0. The standard InChI is InChI=1S/C14H26N4O2S/c1-4-5-6-9-18(3)21(19,20)14-13(11(2)16-17-14)10-15-12-7-8-12/h12,15H,4-10H2,1-3H3,(H,16,17). The van der Waals surface area contributed by atoms with Crippen LogP contribution in [-0.4, -0.2) is 42.6 Å². The van der Waals surface area contributed by atoms with Gasteiger partial charge in [0.15, 0.2) is 5.03 Å². The van der Waals surface area contributed by atoms with Gasteiger partial charge in [0.25, 0.3) is 10.0 Å². The zero-order chi connectivity index (χ0) is 15.5. The van der Waals surface area contributed by atoms with Crippen molar-refractivity contribution < 1.29 is 8.42 Å². The lowest BCUT2D eigenvalue weighted by molar-refractivity contribution is 0.450. The first-order valence-electron chi connectivity index (χ1n) is 7.70. The van der Waals surface area contributed by atoms with Gasteiger partial charge < -0.3 is 5.32 Å². The van der Waals surface area contributed by atoms with Gasteiger partial charge in [-0.2, -0.15) is 9.40 Å². The van der Waals surface area contributed by atoms with E-state index < -0.39 is 10.0 Å². The van der Waals surface area contributed by atoms with E-state index in [4.69, 9.17) is 0 Å². The lowest BCUT2D eigenvalue weighted by Gasteiger charge is -2.16. The Morgan fingerprint density at radius 2 is 2.10 bits per heavy atom. The third-order valence-electron chi connectivity index (χ3n) is 3.91. The zero-order valence-corrected chi connectivity index (χ0v) is 14.0. The highest BCUT2D eigenvalue weighted by molar-refractivity contribution is 7.89. The van der Waals surface area contributed by atoms with Crippen LogP contribution in [0.1, 0.15) is 50.3 Å². The summed E-state index contributed by atoms with van der Waals surface area (Å²) in [6.45, 7) is 5.07. The molecule has 1 aliphatic rings. The average molecular weight is 314 g/mol. The molecular weight excluding hydrogens is 288 g/mol. The minimum atomic E-state index is -3.51. The highest BCUT2D eigenvalue weighted by atomic mass is 32.2. The summed E-state index contributed by atoms with van der Waals surface area (Å²) in [5.74, 6) is 0. The SMILES string of the molecule is CCCCCN(C)S(=O)(=O)c1n[nH]c(C)c1CNC1CC1. The Kier molecular flexibility index (Phi) is 5.40. The third kappa shape index (κ3) is 4.05. The van der Waals surface area contributed by atoms with Gasteiger partial charge in [0.1, 0.15) is 0 Å². The van der Waals surface area contributed by atoms with E-state index in [2.05, 4.69) is 22.4 Å². The van der Waals surface area contributed by atoms with Gasteiger partial charge in [-0.1, -0.05) is 19.8 Å². The van der Waals surface area contributed by atoms with Crippen LogP contribution in [-0.2, 0) is 16.6 Å². The van der Waals surface area contributed by atoms with Crippen LogP contribution in [0.2, 0.25) is 0 Å². The van der Waals surface area contributed by atoms with Crippen molar-refractivity contribution in [3.8, 4) is 0 Å². The van der Waals surface area contributed by atoms with Crippen LogP contribution >= 0.6 is 0 Å². The van der Waals surface area contributed by atoms with Gasteiger partial charge >= 0.3 is 0 Å². The van der Waals surface area contributed by atoms with Crippen molar-refractivity contribution in [1.29, 1.82) is 0 Å². The quantitative estimate of drug-likeness (QED) is 0.681. The van der Waals surface area contributed by atoms with Crippen LogP contribution in [0.25, 0.3) is 0 Å². The van der Waals surface area contributed by atoms with E-state index in [0.29, 0.717) is 19.1 Å². The number of aromatic nitrogens is 2. The molecular formula is C14H26N4O2S. The van der Waals surface area contributed by atoms with Crippen LogP contribution in [0.3, 0.4) is 0 Å². The van der Waals surface area contributed by atoms with Crippen molar-refractivity contribution in [2.24, 2.45) is 0 Å². The fourth-order valence-electron chi connectivity index (χ4n) is 2.24. The topological polar surface area (TPSA) is 78.1 Å². The van der Waals surface area contributed by atoms with E-state index in [0.717, 1.165) is 30.5 Å². The highest BCUT2D eigenvalue weighted by Gasteiger charge is 2.29. The number of nitrogens with zero attached hydrogens (tertiary/aromatic N) is 2. The summed E-state index contributed by atoms with van der Waals surface area (Å²) < 4.78 is 26.7. The molecule has 2 N–H and O–H groups in total. The predicted octanol–water partition coefficient (Wildman–Crippen LogP) is 1.78. The molecule has 2 rings (SSSR count). The summed E-state index contributed by atoms with van der Waals surface area (Å²) in [5, 5.41) is 10.4. The van der Waals surface area contributed by atoms with Crippen LogP contribution in [0.4, 0.5) is 0 Å². The molecule has 120 valence electrons. The normalized spacial score (nSPS) is 15.8. The van der Waals surface area contributed by atoms with Crippen molar-refractivity contribution in [3.05, 3.63) is 11.3 Å². The third-order valence-corrected chi connectivity index (χ3v) is 5.74. The molecule has 21 heavy (non-hydrogen) atoms. The summed E-state index contributed by atoms with van der Waals surface area (Å²) >= 11 is 0. The number of rotatable bonds is 9. The summed E-state index contributed by atoms with van der Waals surface area (Å²) in [7, 11) is -1.87. The second-order valence-electron chi connectivity index (χ2n) is 5.82. The predicted molar refractivity (Wildman–Crippen MR) is 82.5 cm³/mol. The number of hydrogen-bond acceptors (Lipinski definition) is 4. The molecule has 1 saturated carbocycles. The molecule has 0 radical (unpaired) electrons. The van der Waals surface area contributed by atoms with Crippen molar-refractivity contribution in [1.82, 2.24) is 19.8 Å². The fourth-order valence-corrected chi connectivity index (χ4v) is 3.60. The van der Waals surface area contributed by atoms with Crippen molar-refractivity contribution in [2.75, 3.05) is 13.6 Å². The Hall–Kier alpha value is -0.920. The Bertz CT molecular complexity index is 564. The number of H-pyrrole nitrogens is 1. The summed E-state index contributed by atoms with van der Waals surface area (Å²) in [6, 6.07) is 0.539. The van der Waals surface area contributed by atoms with E-state index >= 15 is 0 Å². The minimum absolute atomic E-state index is 0.173. The van der Waals surface area contributed by atoms with Gasteiger partial charge in [-0.15, -0.1) is 0 Å². The van der Waals surface area contributed by atoms with Gasteiger partial charge in [-0.3, -0.25) is 5.10 Å². The van der Waals surface area contributed by atoms with E-state index in [-0.39, 0.29) is 5.03 Å². The minimum Gasteiger partial charge on any atom is -0.310 e. The molecule has 1 aromatic heterocycles. The lowest BCUT2D eigenvalue weighted by Crippen LogP contribution is -2.29. The molecule has 0 saturated heterocycles. The smallest absolute Gasteiger partial charge is 0.262 e. The Morgan fingerprint density at radius 3 is 2.71 bits per heavy atom.